The molecule has 0 aliphatic carbocycles. The number of rotatable bonds is 10. The first-order valence-corrected chi connectivity index (χ1v) is 10.3. The van der Waals surface area contributed by atoms with Crippen LogP contribution in [-0.4, -0.2) is 39.5 Å². The van der Waals surface area contributed by atoms with Crippen LogP contribution in [0, 0.1) is 12.8 Å². The molecule has 27 heavy (non-hydrogen) atoms. The van der Waals surface area contributed by atoms with Gasteiger partial charge in [0, 0.05) is 0 Å². The molecule has 150 valence electrons. The van der Waals surface area contributed by atoms with Crippen molar-refractivity contribution in [3.8, 4) is 0 Å². The molecule has 1 rings (SSSR count). The summed E-state index contributed by atoms with van der Waals surface area (Å²) in [7, 11) is -3.86. The highest BCUT2D eigenvalue weighted by molar-refractivity contribution is 7.89. The molecule has 0 radical (unpaired) electrons. The van der Waals surface area contributed by atoms with Crippen LogP contribution in [0.1, 0.15) is 32.8 Å². The Bertz CT molecular complexity index is 755. The average Bonchev–Trinajstić information content (AvgIpc) is 2.59. The minimum atomic E-state index is -3.86. The Labute approximate surface area is 161 Å². The summed E-state index contributed by atoms with van der Waals surface area (Å²) in [5.41, 5.74) is 0.932. The summed E-state index contributed by atoms with van der Waals surface area (Å²) in [6.45, 7) is 7.22. The monoisotopic (exact) mass is 396 g/mol. The van der Waals surface area contributed by atoms with E-state index in [1.807, 2.05) is 20.8 Å². The number of esters is 1. The summed E-state index contributed by atoms with van der Waals surface area (Å²) in [4.78, 5) is 24.1. The molecule has 7 nitrogen and oxygen atoms in total. The number of sulfonamides is 1. The number of ether oxygens (including phenoxy) is 1. The number of carbonyl (C=O) groups is 2. The van der Waals surface area contributed by atoms with Crippen molar-refractivity contribution >= 4 is 21.9 Å². The van der Waals surface area contributed by atoms with Gasteiger partial charge in [-0.25, -0.2) is 8.42 Å². The molecule has 1 aromatic carbocycles. The summed E-state index contributed by atoms with van der Waals surface area (Å²) in [6, 6.07) is 5.36. The maximum Gasteiger partial charge on any atom is 0.325 e. The molecule has 0 unspecified atom stereocenters. The quantitative estimate of drug-likeness (QED) is 0.465. The van der Waals surface area contributed by atoms with Crippen LogP contribution in [0.3, 0.4) is 0 Å². The van der Waals surface area contributed by atoms with E-state index in [-0.39, 0.29) is 24.0 Å². The lowest BCUT2D eigenvalue weighted by Crippen LogP contribution is -2.48. The molecule has 0 aliphatic heterocycles. The molecule has 0 saturated heterocycles. The number of allylic oxidation sites excluding steroid dienone is 1. The van der Waals surface area contributed by atoms with E-state index in [1.54, 1.807) is 31.2 Å². The number of carbonyl (C=O) groups excluding carboxylic acids is 2. The number of amides is 1. The summed E-state index contributed by atoms with van der Waals surface area (Å²) < 4.78 is 32.5. The number of nitrogens with one attached hydrogen (secondary N) is 2. The van der Waals surface area contributed by atoms with Crippen LogP contribution in [0.15, 0.2) is 41.3 Å². The molecule has 1 amide bonds. The molecule has 2 N–H and O–H groups in total. The van der Waals surface area contributed by atoms with Crippen LogP contribution in [0.2, 0.25) is 0 Å². The van der Waals surface area contributed by atoms with Crippen LogP contribution in [0.5, 0.6) is 0 Å². The normalized spacial score (nSPS) is 12.9. The fourth-order valence-electron chi connectivity index (χ4n) is 2.22. The number of aryl methyl sites for hydroxylation is 1. The van der Waals surface area contributed by atoms with Crippen LogP contribution in [0.4, 0.5) is 0 Å². The van der Waals surface area contributed by atoms with Crippen LogP contribution >= 0.6 is 0 Å². The van der Waals surface area contributed by atoms with Gasteiger partial charge in [0.15, 0.2) is 0 Å². The zero-order chi connectivity index (χ0) is 20.4. The van der Waals surface area contributed by atoms with Crippen molar-refractivity contribution in [2.45, 2.75) is 45.1 Å². The maximum atomic E-state index is 12.6. The van der Waals surface area contributed by atoms with E-state index >= 15 is 0 Å². The van der Waals surface area contributed by atoms with Crippen LogP contribution < -0.4 is 10.0 Å². The summed E-state index contributed by atoms with van der Waals surface area (Å²) in [6.07, 6.45) is 3.70. The van der Waals surface area contributed by atoms with Gasteiger partial charge in [0.25, 0.3) is 0 Å². The van der Waals surface area contributed by atoms with Gasteiger partial charge in [0.05, 0.1) is 4.90 Å². The third-order valence-corrected chi connectivity index (χ3v) is 5.12. The highest BCUT2D eigenvalue weighted by Crippen LogP contribution is 2.13. The molecule has 0 bridgehead atoms. The average molecular weight is 397 g/mol. The molecule has 1 aromatic rings. The van der Waals surface area contributed by atoms with Crippen LogP contribution in [0.25, 0.3) is 0 Å². The predicted molar refractivity (Wildman–Crippen MR) is 104 cm³/mol. The van der Waals surface area contributed by atoms with Gasteiger partial charge in [-0.3, -0.25) is 9.59 Å². The third-order valence-electron chi connectivity index (χ3n) is 3.64. The summed E-state index contributed by atoms with van der Waals surface area (Å²) in [5.74, 6) is -1.09. The van der Waals surface area contributed by atoms with E-state index in [9.17, 15) is 18.0 Å². The fourth-order valence-corrected chi connectivity index (χ4v) is 3.43. The molecule has 1 atom stereocenters. The maximum absolute atomic E-state index is 12.6. The molecular formula is C19H28N2O5S. The predicted octanol–water partition coefficient (Wildman–Crippen LogP) is 1.92. The first kappa shape index (κ1) is 22.9. The highest BCUT2D eigenvalue weighted by Gasteiger charge is 2.26. The number of hydrogen-bond acceptors (Lipinski definition) is 5. The Morgan fingerprint density at radius 1 is 1.19 bits per heavy atom. The van der Waals surface area contributed by atoms with Crippen molar-refractivity contribution in [2.75, 3.05) is 13.2 Å². The minimum Gasteiger partial charge on any atom is -0.460 e. The van der Waals surface area contributed by atoms with Gasteiger partial charge in [-0.2, -0.15) is 4.72 Å². The van der Waals surface area contributed by atoms with E-state index < -0.39 is 27.9 Å². The first-order valence-electron chi connectivity index (χ1n) is 8.79. The van der Waals surface area contributed by atoms with E-state index in [1.165, 1.54) is 12.1 Å². The SMILES string of the molecule is C/C=C/COC(=O)CNC(=O)[C@H](CC(C)C)NS(=O)(=O)c1ccc(C)cc1. The Kier molecular flexibility index (Phi) is 9.17. The van der Waals surface area contributed by atoms with Crippen molar-refractivity contribution < 1.29 is 22.7 Å². The largest absolute Gasteiger partial charge is 0.460 e. The molecule has 0 spiro atoms. The second kappa shape index (κ2) is 10.8. The van der Waals surface area contributed by atoms with Crippen molar-refractivity contribution in [1.82, 2.24) is 10.0 Å². The van der Waals surface area contributed by atoms with E-state index in [4.69, 9.17) is 4.74 Å². The molecule has 0 heterocycles. The fraction of sp³-hybridized carbons (Fsp3) is 0.474. The van der Waals surface area contributed by atoms with E-state index in [0.717, 1.165) is 5.56 Å². The van der Waals surface area contributed by atoms with Gasteiger partial charge in [0.1, 0.15) is 19.2 Å². The molecule has 8 heteroatoms. The first-order chi connectivity index (χ1) is 12.7. The van der Waals surface area contributed by atoms with Crippen molar-refractivity contribution in [3.63, 3.8) is 0 Å². The van der Waals surface area contributed by atoms with Gasteiger partial charge in [-0.05, 0) is 38.3 Å². The molecule has 0 aromatic heterocycles. The number of hydrogen-bond donors (Lipinski definition) is 2. The Hall–Kier alpha value is -2.19. The lowest BCUT2D eigenvalue weighted by molar-refractivity contribution is -0.142. The van der Waals surface area contributed by atoms with Gasteiger partial charge in [-0.15, -0.1) is 0 Å². The van der Waals surface area contributed by atoms with E-state index in [2.05, 4.69) is 10.0 Å². The van der Waals surface area contributed by atoms with Crippen LogP contribution in [-0.2, 0) is 24.3 Å². The lowest BCUT2D eigenvalue weighted by Gasteiger charge is -2.20. The summed E-state index contributed by atoms with van der Waals surface area (Å²) in [5, 5.41) is 2.43. The van der Waals surface area contributed by atoms with Gasteiger partial charge < -0.3 is 10.1 Å². The topological polar surface area (TPSA) is 102 Å². The highest BCUT2D eigenvalue weighted by atomic mass is 32.2. The lowest BCUT2D eigenvalue weighted by atomic mass is 10.0. The third kappa shape index (κ3) is 8.36. The van der Waals surface area contributed by atoms with Crippen molar-refractivity contribution in [1.29, 1.82) is 0 Å². The minimum absolute atomic E-state index is 0.0723. The Morgan fingerprint density at radius 2 is 1.81 bits per heavy atom. The molecule has 0 fully saturated rings. The van der Waals surface area contributed by atoms with Gasteiger partial charge in [0.2, 0.25) is 15.9 Å². The Balaban J connectivity index is 2.78. The molecular weight excluding hydrogens is 368 g/mol. The van der Waals surface area contributed by atoms with Gasteiger partial charge >= 0.3 is 5.97 Å². The number of benzene rings is 1. The standard InChI is InChI=1S/C19H28N2O5S/c1-5-6-11-26-18(22)13-20-19(23)17(12-14(2)3)21-27(24,25)16-9-7-15(4)8-10-16/h5-10,14,17,21H,11-13H2,1-4H3,(H,20,23)/b6-5+/t17-/m0/s1. The van der Waals surface area contributed by atoms with E-state index in [0.29, 0.717) is 6.42 Å². The second-order valence-electron chi connectivity index (χ2n) is 6.59. The zero-order valence-corrected chi connectivity index (χ0v) is 17.0. The van der Waals surface area contributed by atoms with Gasteiger partial charge in [-0.1, -0.05) is 43.7 Å². The van der Waals surface area contributed by atoms with Crippen molar-refractivity contribution in [2.24, 2.45) is 5.92 Å². The smallest absolute Gasteiger partial charge is 0.325 e. The molecule has 0 saturated carbocycles. The summed E-state index contributed by atoms with van der Waals surface area (Å²) >= 11 is 0. The second-order valence-corrected chi connectivity index (χ2v) is 8.30. The Morgan fingerprint density at radius 3 is 2.37 bits per heavy atom. The van der Waals surface area contributed by atoms with Crippen molar-refractivity contribution in [3.05, 3.63) is 42.0 Å². The zero-order valence-electron chi connectivity index (χ0n) is 16.2. The molecule has 0 aliphatic rings.